The highest BCUT2D eigenvalue weighted by Crippen LogP contribution is 2.30. The normalized spacial score (nSPS) is 19.5. The molecule has 2 fully saturated rings. The van der Waals surface area contributed by atoms with E-state index < -0.39 is 0 Å². The van der Waals surface area contributed by atoms with Gasteiger partial charge in [0.05, 0.1) is 19.0 Å². The van der Waals surface area contributed by atoms with Gasteiger partial charge in [0.1, 0.15) is 23.3 Å². The van der Waals surface area contributed by atoms with Crippen LogP contribution in [0.15, 0.2) is 67.3 Å². The van der Waals surface area contributed by atoms with Gasteiger partial charge in [-0.05, 0) is 62.1 Å². The van der Waals surface area contributed by atoms with Gasteiger partial charge >= 0.3 is 6.03 Å². The molecular formula is C34H40N10O2. The Morgan fingerprint density at radius 1 is 1.04 bits per heavy atom. The number of amides is 2. The zero-order valence-corrected chi connectivity index (χ0v) is 26.1. The van der Waals surface area contributed by atoms with Gasteiger partial charge in [0, 0.05) is 62.3 Å². The highest BCUT2D eigenvalue weighted by molar-refractivity contribution is 5.91. The first-order chi connectivity index (χ1) is 22.6. The number of carbonyl (C=O) groups excluding carboxylic acids is 1. The third-order valence-electron chi connectivity index (χ3n) is 8.66. The molecule has 4 heterocycles. The maximum Gasteiger partial charge on any atom is 0.323 e. The van der Waals surface area contributed by atoms with Crippen molar-refractivity contribution in [3.05, 3.63) is 78.4 Å². The topological polar surface area (TPSA) is 146 Å². The molecule has 6 rings (SSSR count). The Kier molecular flexibility index (Phi) is 10.00. The van der Waals surface area contributed by atoms with E-state index in [0.29, 0.717) is 42.2 Å². The van der Waals surface area contributed by atoms with Crippen LogP contribution in [0.3, 0.4) is 0 Å². The standard InChI is InChI=1S/C34H40N10O2/c1-43-22-28(21-40-43)26-9-14-31(36-19-26)44(34(45)39-17-24-6-3-2-4-7-24)30-12-10-29(11-13-30)41-33-38-20-27(16-35)32(42-33)37-18-25-8-5-15-46-23-25/h2-4,6-7,9,14,19-22,25,29-30H,5,8,10-13,15,17-18,23H2,1H3,(H,39,45)(H2,37,38,41,42). The average Bonchev–Trinajstić information content (AvgIpc) is 3.54. The molecule has 1 atom stereocenters. The van der Waals surface area contributed by atoms with Crippen molar-refractivity contribution in [2.75, 3.05) is 35.3 Å². The molecule has 238 valence electrons. The molecule has 1 unspecified atom stereocenters. The SMILES string of the molecule is Cn1cc(-c2ccc(N(C(=O)NCc3ccccc3)C3CCC(Nc4ncc(C#N)c(NCC5CCCOC5)n4)CC3)nc2)cn1. The number of pyridine rings is 1. The minimum absolute atomic E-state index is 0.0256. The molecule has 3 N–H and O–H groups in total. The van der Waals surface area contributed by atoms with E-state index in [1.165, 1.54) is 0 Å². The van der Waals surface area contributed by atoms with Crippen LogP contribution in [-0.2, 0) is 18.3 Å². The summed E-state index contributed by atoms with van der Waals surface area (Å²) in [5.41, 5.74) is 3.37. The summed E-state index contributed by atoms with van der Waals surface area (Å²) in [6, 6.07) is 15.9. The lowest BCUT2D eigenvalue weighted by Gasteiger charge is -2.36. The Balaban J connectivity index is 1.11. The van der Waals surface area contributed by atoms with Crippen LogP contribution in [0.1, 0.15) is 49.7 Å². The summed E-state index contributed by atoms with van der Waals surface area (Å²) in [6.07, 6.45) is 12.5. The van der Waals surface area contributed by atoms with E-state index in [9.17, 15) is 10.1 Å². The van der Waals surface area contributed by atoms with Gasteiger partial charge in [-0.1, -0.05) is 30.3 Å². The molecule has 0 radical (unpaired) electrons. The molecule has 12 nitrogen and oxygen atoms in total. The number of aryl methyl sites for hydroxylation is 1. The molecule has 0 spiro atoms. The van der Waals surface area contributed by atoms with Crippen molar-refractivity contribution in [3.8, 4) is 17.2 Å². The number of nitrogens with one attached hydrogen (secondary N) is 3. The van der Waals surface area contributed by atoms with Gasteiger partial charge in [0.15, 0.2) is 0 Å². The molecule has 0 bridgehead atoms. The molecule has 2 aliphatic rings. The molecular weight excluding hydrogens is 580 g/mol. The highest BCUT2D eigenvalue weighted by Gasteiger charge is 2.31. The Hall–Kier alpha value is -5.02. The smallest absolute Gasteiger partial charge is 0.323 e. The molecule has 1 aromatic carbocycles. The first-order valence-electron chi connectivity index (χ1n) is 16.0. The van der Waals surface area contributed by atoms with Crippen molar-refractivity contribution in [2.24, 2.45) is 13.0 Å². The van der Waals surface area contributed by atoms with Gasteiger partial charge in [-0.25, -0.2) is 14.8 Å². The summed E-state index contributed by atoms with van der Waals surface area (Å²) < 4.78 is 7.35. The van der Waals surface area contributed by atoms with Crippen molar-refractivity contribution in [3.63, 3.8) is 0 Å². The molecule has 1 saturated carbocycles. The summed E-state index contributed by atoms with van der Waals surface area (Å²) in [5.74, 6) is 2.05. The second kappa shape index (κ2) is 14.8. The Morgan fingerprint density at radius 3 is 2.59 bits per heavy atom. The van der Waals surface area contributed by atoms with E-state index in [-0.39, 0.29) is 18.1 Å². The summed E-state index contributed by atoms with van der Waals surface area (Å²) in [7, 11) is 1.88. The van der Waals surface area contributed by atoms with Crippen LogP contribution < -0.4 is 20.9 Å². The lowest BCUT2D eigenvalue weighted by atomic mass is 9.90. The fourth-order valence-electron chi connectivity index (χ4n) is 6.12. The van der Waals surface area contributed by atoms with Crippen molar-refractivity contribution >= 4 is 23.6 Å². The molecule has 4 aromatic rings. The molecule has 12 heteroatoms. The number of nitriles is 1. The summed E-state index contributed by atoms with van der Waals surface area (Å²) in [6.45, 7) is 2.67. The van der Waals surface area contributed by atoms with Crippen LogP contribution in [0.5, 0.6) is 0 Å². The number of benzene rings is 1. The number of anilines is 3. The molecule has 2 amide bonds. The van der Waals surface area contributed by atoms with Crippen LogP contribution >= 0.6 is 0 Å². The van der Waals surface area contributed by atoms with Crippen molar-refractivity contribution in [2.45, 2.75) is 57.2 Å². The van der Waals surface area contributed by atoms with E-state index in [1.54, 1.807) is 28.2 Å². The average molecular weight is 621 g/mol. The predicted octanol–water partition coefficient (Wildman–Crippen LogP) is 5.12. The molecule has 1 aliphatic heterocycles. The molecule has 3 aromatic heterocycles. The van der Waals surface area contributed by atoms with E-state index >= 15 is 0 Å². The molecule has 1 saturated heterocycles. The number of hydrogen-bond donors (Lipinski definition) is 3. The van der Waals surface area contributed by atoms with Crippen LogP contribution in [-0.4, -0.2) is 62.6 Å². The first-order valence-corrected chi connectivity index (χ1v) is 16.0. The maximum absolute atomic E-state index is 13.7. The summed E-state index contributed by atoms with van der Waals surface area (Å²) in [5, 5.41) is 23.8. The fourth-order valence-corrected chi connectivity index (χ4v) is 6.12. The minimum Gasteiger partial charge on any atom is -0.381 e. The third-order valence-corrected chi connectivity index (χ3v) is 8.66. The number of nitrogens with zero attached hydrogens (tertiary/aromatic N) is 7. The van der Waals surface area contributed by atoms with Gasteiger partial charge in [0.25, 0.3) is 0 Å². The van der Waals surface area contributed by atoms with Gasteiger partial charge < -0.3 is 20.7 Å². The van der Waals surface area contributed by atoms with Crippen molar-refractivity contribution < 1.29 is 9.53 Å². The fraction of sp³-hybridized carbons (Fsp3) is 0.412. The van der Waals surface area contributed by atoms with Gasteiger partial charge in [-0.3, -0.25) is 9.58 Å². The zero-order valence-electron chi connectivity index (χ0n) is 26.1. The Labute approximate surface area is 269 Å². The van der Waals surface area contributed by atoms with Gasteiger partial charge in [-0.2, -0.15) is 15.3 Å². The minimum atomic E-state index is -0.170. The summed E-state index contributed by atoms with van der Waals surface area (Å²) >= 11 is 0. The lowest BCUT2D eigenvalue weighted by Crippen LogP contribution is -2.49. The van der Waals surface area contributed by atoms with Crippen LogP contribution in [0.4, 0.5) is 22.4 Å². The van der Waals surface area contributed by atoms with E-state index in [1.807, 2.05) is 55.7 Å². The number of hydrogen-bond acceptors (Lipinski definition) is 9. The highest BCUT2D eigenvalue weighted by atomic mass is 16.5. The quantitative estimate of drug-likeness (QED) is 0.220. The number of carbonyl (C=O) groups is 1. The second-order valence-corrected chi connectivity index (χ2v) is 12.0. The first kappa shape index (κ1) is 31.0. The Morgan fingerprint density at radius 2 is 1.89 bits per heavy atom. The molecule has 1 aliphatic carbocycles. The largest absolute Gasteiger partial charge is 0.381 e. The zero-order chi connectivity index (χ0) is 31.7. The summed E-state index contributed by atoms with van der Waals surface area (Å²) in [4.78, 5) is 29.3. The van der Waals surface area contributed by atoms with E-state index in [2.05, 4.69) is 37.1 Å². The van der Waals surface area contributed by atoms with Crippen LogP contribution in [0.2, 0.25) is 0 Å². The van der Waals surface area contributed by atoms with Crippen molar-refractivity contribution in [1.82, 2.24) is 30.0 Å². The van der Waals surface area contributed by atoms with Gasteiger partial charge in [0.2, 0.25) is 5.95 Å². The van der Waals surface area contributed by atoms with Crippen LogP contribution in [0, 0.1) is 17.2 Å². The second-order valence-electron chi connectivity index (χ2n) is 12.0. The maximum atomic E-state index is 13.7. The number of urea groups is 1. The number of ether oxygens (including phenoxy) is 1. The monoisotopic (exact) mass is 620 g/mol. The van der Waals surface area contributed by atoms with E-state index in [0.717, 1.165) is 68.4 Å². The van der Waals surface area contributed by atoms with E-state index in [4.69, 9.17) is 9.72 Å². The van der Waals surface area contributed by atoms with Crippen LogP contribution in [0.25, 0.3) is 11.1 Å². The van der Waals surface area contributed by atoms with Gasteiger partial charge in [-0.15, -0.1) is 0 Å². The number of rotatable bonds is 10. The predicted molar refractivity (Wildman–Crippen MR) is 176 cm³/mol. The lowest BCUT2D eigenvalue weighted by molar-refractivity contribution is 0.0595. The third kappa shape index (κ3) is 7.79. The van der Waals surface area contributed by atoms with Crippen molar-refractivity contribution in [1.29, 1.82) is 5.26 Å². The number of aromatic nitrogens is 5. The molecule has 46 heavy (non-hydrogen) atoms. The Bertz CT molecular complexity index is 1620.